The third kappa shape index (κ3) is 2.63. The van der Waals surface area contributed by atoms with E-state index >= 15 is 0 Å². The summed E-state index contributed by atoms with van der Waals surface area (Å²) >= 11 is 0. The topological polar surface area (TPSA) is 62.7 Å². The molecule has 21 heavy (non-hydrogen) atoms. The Bertz CT molecular complexity index is 777. The summed E-state index contributed by atoms with van der Waals surface area (Å²) in [4.78, 5) is 13.2. The van der Waals surface area contributed by atoms with Gasteiger partial charge in [-0.05, 0) is 31.0 Å². The lowest BCUT2D eigenvalue weighted by molar-refractivity contribution is 1.08. The van der Waals surface area contributed by atoms with E-state index in [9.17, 15) is 0 Å². The van der Waals surface area contributed by atoms with Crippen LogP contribution in [0.3, 0.4) is 0 Å². The zero-order valence-corrected chi connectivity index (χ0v) is 11.5. The number of nitrogens with zero attached hydrogens (tertiary/aromatic N) is 3. The number of hydrogen-bond donors (Lipinski definition) is 2. The summed E-state index contributed by atoms with van der Waals surface area (Å²) < 4.78 is 0. The van der Waals surface area contributed by atoms with Gasteiger partial charge in [0.25, 0.3) is 0 Å². The molecule has 5 nitrogen and oxygen atoms in total. The Balaban J connectivity index is 1.64. The van der Waals surface area contributed by atoms with Gasteiger partial charge in [0.2, 0.25) is 5.95 Å². The molecule has 0 atom stereocenters. The summed E-state index contributed by atoms with van der Waals surface area (Å²) in [5.41, 5.74) is 1.83. The fourth-order valence-electron chi connectivity index (χ4n) is 2.26. The molecule has 1 fully saturated rings. The van der Waals surface area contributed by atoms with Crippen molar-refractivity contribution in [2.45, 2.75) is 18.9 Å². The van der Waals surface area contributed by atoms with Crippen LogP contribution in [0.15, 0.2) is 48.8 Å². The molecular weight excluding hydrogens is 262 g/mol. The van der Waals surface area contributed by atoms with E-state index in [4.69, 9.17) is 0 Å². The Morgan fingerprint density at radius 2 is 1.86 bits per heavy atom. The third-order valence-electron chi connectivity index (χ3n) is 3.46. The fraction of sp³-hybridized carbons (Fsp3) is 0.188. The summed E-state index contributed by atoms with van der Waals surface area (Å²) in [6.07, 6.45) is 6.00. The molecule has 4 rings (SSSR count). The van der Waals surface area contributed by atoms with E-state index in [-0.39, 0.29) is 0 Å². The van der Waals surface area contributed by atoms with Crippen LogP contribution in [0.1, 0.15) is 12.8 Å². The zero-order valence-electron chi connectivity index (χ0n) is 11.5. The van der Waals surface area contributed by atoms with Gasteiger partial charge in [-0.25, -0.2) is 4.98 Å². The van der Waals surface area contributed by atoms with E-state index in [2.05, 4.69) is 25.6 Å². The normalized spacial score (nSPS) is 14.1. The van der Waals surface area contributed by atoms with Crippen molar-refractivity contribution in [3.05, 3.63) is 48.8 Å². The maximum absolute atomic E-state index is 4.49. The number of benzene rings is 1. The second-order valence-electron chi connectivity index (χ2n) is 5.19. The van der Waals surface area contributed by atoms with Gasteiger partial charge in [-0.2, -0.15) is 4.98 Å². The van der Waals surface area contributed by atoms with Crippen LogP contribution in [-0.2, 0) is 0 Å². The number of rotatable bonds is 4. The lowest BCUT2D eigenvalue weighted by atomic mass is 10.2. The van der Waals surface area contributed by atoms with Crippen molar-refractivity contribution in [3.8, 4) is 0 Å². The second-order valence-corrected chi connectivity index (χ2v) is 5.19. The molecule has 0 bridgehead atoms. The van der Waals surface area contributed by atoms with Crippen molar-refractivity contribution in [2.75, 3.05) is 10.6 Å². The van der Waals surface area contributed by atoms with Crippen molar-refractivity contribution in [1.29, 1.82) is 0 Å². The maximum atomic E-state index is 4.49. The Morgan fingerprint density at radius 1 is 0.952 bits per heavy atom. The molecule has 104 valence electrons. The highest BCUT2D eigenvalue weighted by molar-refractivity contribution is 5.91. The van der Waals surface area contributed by atoms with Crippen LogP contribution >= 0.6 is 0 Å². The Hall–Kier alpha value is -2.69. The Labute approximate surface area is 122 Å². The highest BCUT2D eigenvalue weighted by atomic mass is 15.2. The number of anilines is 3. The number of para-hydroxylation sites is 1. The molecule has 1 aliphatic rings. The molecule has 0 amide bonds. The molecule has 1 saturated carbocycles. The molecule has 0 aliphatic heterocycles. The van der Waals surface area contributed by atoms with Crippen molar-refractivity contribution >= 4 is 28.4 Å². The van der Waals surface area contributed by atoms with Crippen LogP contribution < -0.4 is 10.6 Å². The molecular formula is C16H15N5. The van der Waals surface area contributed by atoms with Gasteiger partial charge in [0.15, 0.2) is 0 Å². The van der Waals surface area contributed by atoms with Gasteiger partial charge in [-0.15, -0.1) is 0 Å². The number of aromatic nitrogens is 3. The average Bonchev–Trinajstić information content (AvgIpc) is 3.32. The molecule has 1 aliphatic carbocycles. The summed E-state index contributed by atoms with van der Waals surface area (Å²) in [7, 11) is 0. The third-order valence-corrected chi connectivity index (χ3v) is 3.46. The first-order chi connectivity index (χ1) is 10.4. The predicted octanol–water partition coefficient (Wildman–Crippen LogP) is 3.34. The minimum absolute atomic E-state index is 0.576. The van der Waals surface area contributed by atoms with E-state index < -0.39 is 0 Å². The van der Waals surface area contributed by atoms with Crippen LogP contribution in [0.2, 0.25) is 0 Å². The van der Waals surface area contributed by atoms with E-state index in [1.807, 2.05) is 36.4 Å². The van der Waals surface area contributed by atoms with Crippen LogP contribution in [0.25, 0.3) is 10.9 Å². The first kappa shape index (κ1) is 12.1. The average molecular weight is 277 g/mol. The van der Waals surface area contributed by atoms with Crippen LogP contribution in [0, 0.1) is 0 Å². The van der Waals surface area contributed by atoms with Gasteiger partial charge in [0.1, 0.15) is 5.82 Å². The van der Waals surface area contributed by atoms with Crippen molar-refractivity contribution in [1.82, 2.24) is 15.0 Å². The Morgan fingerprint density at radius 3 is 2.76 bits per heavy atom. The molecule has 2 aromatic heterocycles. The molecule has 2 N–H and O–H groups in total. The minimum Gasteiger partial charge on any atom is -0.367 e. The molecule has 0 spiro atoms. The van der Waals surface area contributed by atoms with Crippen molar-refractivity contribution < 1.29 is 0 Å². The Kier molecular flexibility index (Phi) is 2.88. The molecule has 2 heterocycles. The summed E-state index contributed by atoms with van der Waals surface area (Å²) in [6.45, 7) is 0. The fourth-order valence-corrected chi connectivity index (χ4v) is 2.26. The van der Waals surface area contributed by atoms with Gasteiger partial charge in [-0.1, -0.05) is 18.2 Å². The van der Waals surface area contributed by atoms with E-state index in [0.717, 1.165) is 22.4 Å². The van der Waals surface area contributed by atoms with Crippen LogP contribution in [0.5, 0.6) is 0 Å². The first-order valence-corrected chi connectivity index (χ1v) is 7.09. The summed E-state index contributed by atoms with van der Waals surface area (Å²) in [5.74, 6) is 1.45. The van der Waals surface area contributed by atoms with E-state index in [1.165, 1.54) is 12.8 Å². The molecule has 5 heteroatoms. The monoisotopic (exact) mass is 277 g/mol. The lowest BCUT2D eigenvalue weighted by Crippen LogP contribution is -2.05. The molecule has 0 unspecified atom stereocenters. The van der Waals surface area contributed by atoms with Crippen LogP contribution in [0.4, 0.5) is 17.5 Å². The smallest absolute Gasteiger partial charge is 0.229 e. The summed E-state index contributed by atoms with van der Waals surface area (Å²) in [6, 6.07) is 12.5. The number of nitrogens with one attached hydrogen (secondary N) is 2. The first-order valence-electron chi connectivity index (χ1n) is 7.09. The highest BCUT2D eigenvalue weighted by Crippen LogP contribution is 2.25. The van der Waals surface area contributed by atoms with E-state index in [0.29, 0.717) is 12.0 Å². The van der Waals surface area contributed by atoms with Crippen molar-refractivity contribution in [2.24, 2.45) is 0 Å². The summed E-state index contributed by atoms with van der Waals surface area (Å²) in [5, 5.41) is 7.72. The molecule has 0 saturated heterocycles. The number of fused-ring (bicyclic) bond motifs is 1. The van der Waals surface area contributed by atoms with Gasteiger partial charge in [-0.3, -0.25) is 4.98 Å². The van der Waals surface area contributed by atoms with Gasteiger partial charge >= 0.3 is 0 Å². The highest BCUT2D eigenvalue weighted by Gasteiger charge is 2.21. The quantitative estimate of drug-likeness (QED) is 0.765. The molecule has 1 aromatic carbocycles. The molecule has 3 aromatic rings. The maximum Gasteiger partial charge on any atom is 0.229 e. The minimum atomic E-state index is 0.576. The van der Waals surface area contributed by atoms with Gasteiger partial charge < -0.3 is 10.6 Å². The lowest BCUT2D eigenvalue weighted by Gasteiger charge is -2.09. The van der Waals surface area contributed by atoms with E-state index in [1.54, 1.807) is 12.4 Å². The zero-order chi connectivity index (χ0) is 14.1. The predicted molar refractivity (Wildman–Crippen MR) is 83.7 cm³/mol. The van der Waals surface area contributed by atoms with Gasteiger partial charge in [0, 0.05) is 23.8 Å². The van der Waals surface area contributed by atoms with Crippen molar-refractivity contribution in [3.63, 3.8) is 0 Å². The number of pyridine rings is 1. The van der Waals surface area contributed by atoms with Crippen LogP contribution in [-0.4, -0.2) is 21.0 Å². The SMILES string of the molecule is c1cnc2c(Nc3nccc(NC4CC4)n3)cccc2c1. The molecule has 0 radical (unpaired) electrons. The standard InChI is InChI=1S/C16H15N5/c1-3-11-4-2-9-17-15(11)13(5-1)20-16-18-10-8-14(21-16)19-12-6-7-12/h1-5,8-10,12H,6-7H2,(H2,18,19,20,21). The largest absolute Gasteiger partial charge is 0.367 e. The second kappa shape index (κ2) is 5.01. The van der Waals surface area contributed by atoms with Gasteiger partial charge in [0.05, 0.1) is 11.2 Å². The number of hydrogen-bond acceptors (Lipinski definition) is 5.